The van der Waals surface area contributed by atoms with Crippen LogP contribution in [0.4, 0.5) is 0 Å². The lowest BCUT2D eigenvalue weighted by molar-refractivity contribution is -0.387. The first-order valence-corrected chi connectivity index (χ1v) is 19.8. The predicted octanol–water partition coefficient (Wildman–Crippen LogP) is -6.32. The number of hydrogen-bond donors (Lipinski definition) is 12. The maximum Gasteiger partial charge on any atom is 0.331 e. The molecule has 62 heavy (non-hydrogen) atoms. The molecule has 0 aromatic heterocycles. The number of ether oxygens (including phenoxy) is 11. The van der Waals surface area contributed by atoms with E-state index in [1.807, 2.05) is 0 Å². The van der Waals surface area contributed by atoms with Crippen LogP contribution in [0.25, 0.3) is 6.08 Å². The van der Waals surface area contributed by atoms with Crippen LogP contribution in [0.3, 0.4) is 0 Å². The summed E-state index contributed by atoms with van der Waals surface area (Å²) in [5, 5.41) is 127. The van der Waals surface area contributed by atoms with Crippen LogP contribution in [0.15, 0.2) is 30.3 Å². The molecule has 5 aliphatic rings. The summed E-state index contributed by atoms with van der Waals surface area (Å²) in [6.45, 7) is -0.0383. The summed E-state index contributed by atoms with van der Waals surface area (Å²) in [5.74, 6) is -0.282. The van der Waals surface area contributed by atoms with Crippen molar-refractivity contribution in [1.82, 2.24) is 0 Å². The van der Waals surface area contributed by atoms with Gasteiger partial charge in [-0.3, -0.25) is 0 Å². The van der Waals surface area contributed by atoms with E-state index in [0.29, 0.717) is 11.3 Å². The molecule has 5 saturated heterocycles. The van der Waals surface area contributed by atoms with E-state index < -0.39 is 167 Å². The lowest BCUT2D eigenvalue weighted by Crippen LogP contribution is -2.66. The van der Waals surface area contributed by atoms with E-state index in [4.69, 9.17) is 52.1 Å². The summed E-state index contributed by atoms with van der Waals surface area (Å²) < 4.78 is 61.7. The Bertz CT molecular complexity index is 1620. The number of aliphatic hydroxyl groups excluding tert-OH is 11. The molecule has 5 aliphatic heterocycles. The third-order valence-electron chi connectivity index (χ3n) is 11.3. The van der Waals surface area contributed by atoms with Crippen LogP contribution in [-0.4, -0.2) is 235 Å². The smallest absolute Gasteiger partial charge is 0.331 e. The summed E-state index contributed by atoms with van der Waals surface area (Å²) in [5.41, 5.74) is -1.55. The Kier molecular flexibility index (Phi) is 16.3. The zero-order chi connectivity index (χ0) is 45.2. The number of aliphatic hydroxyl groups is 12. The van der Waals surface area contributed by atoms with Gasteiger partial charge in [0, 0.05) is 6.08 Å². The minimum Gasteiger partial charge on any atom is -0.497 e. The van der Waals surface area contributed by atoms with Crippen molar-refractivity contribution in [1.29, 1.82) is 0 Å². The summed E-state index contributed by atoms with van der Waals surface area (Å²) in [4.78, 5) is 12.8. The molecule has 0 amide bonds. The highest BCUT2D eigenvalue weighted by Gasteiger charge is 2.57. The molecular formula is C38H56O24. The van der Waals surface area contributed by atoms with E-state index in [-0.39, 0.29) is 0 Å². The van der Waals surface area contributed by atoms with Gasteiger partial charge in [-0.25, -0.2) is 4.79 Å². The lowest BCUT2D eigenvalue weighted by Gasteiger charge is -2.48. The van der Waals surface area contributed by atoms with E-state index >= 15 is 0 Å². The molecule has 0 saturated carbocycles. The number of carbonyl (C=O) groups excluding carboxylic acids is 1. The van der Waals surface area contributed by atoms with Gasteiger partial charge in [0.15, 0.2) is 37.6 Å². The van der Waals surface area contributed by atoms with Gasteiger partial charge in [-0.05, 0) is 37.6 Å². The second-order valence-corrected chi connectivity index (χ2v) is 15.7. The van der Waals surface area contributed by atoms with Crippen molar-refractivity contribution in [3.05, 3.63) is 35.9 Å². The predicted molar refractivity (Wildman–Crippen MR) is 198 cm³/mol. The topological polar surface area (TPSA) is 361 Å². The third kappa shape index (κ3) is 10.4. The molecule has 12 N–H and O–H groups in total. The first-order valence-electron chi connectivity index (χ1n) is 19.8. The van der Waals surface area contributed by atoms with Gasteiger partial charge in [-0.15, -0.1) is 0 Å². The molecule has 24 heteroatoms. The molecule has 5 heterocycles. The average Bonchev–Trinajstić information content (AvgIpc) is 3.54. The van der Waals surface area contributed by atoms with Crippen molar-refractivity contribution in [3.63, 3.8) is 0 Å². The normalized spacial score (nSPS) is 46.5. The van der Waals surface area contributed by atoms with Crippen molar-refractivity contribution >= 4 is 12.0 Å². The maximum absolute atomic E-state index is 12.8. The maximum atomic E-state index is 12.8. The van der Waals surface area contributed by atoms with Crippen molar-refractivity contribution in [3.8, 4) is 5.75 Å². The number of methoxy groups -OCH3 is 1. The van der Waals surface area contributed by atoms with Gasteiger partial charge in [-0.2, -0.15) is 0 Å². The molecule has 1 aromatic carbocycles. The number of esters is 1. The Labute approximate surface area is 353 Å². The van der Waals surface area contributed by atoms with Crippen molar-refractivity contribution < 1.29 is 118 Å². The zero-order valence-corrected chi connectivity index (χ0v) is 33.7. The molecule has 6 rings (SSSR count). The Morgan fingerprint density at radius 2 is 1.32 bits per heavy atom. The van der Waals surface area contributed by atoms with Gasteiger partial charge in [-0.1, -0.05) is 12.1 Å². The van der Waals surface area contributed by atoms with Crippen LogP contribution in [0, 0.1) is 0 Å². The van der Waals surface area contributed by atoms with Crippen molar-refractivity contribution in [2.75, 3.05) is 33.5 Å². The fourth-order valence-corrected chi connectivity index (χ4v) is 7.55. The van der Waals surface area contributed by atoms with Crippen molar-refractivity contribution in [2.24, 2.45) is 0 Å². The molecular weight excluding hydrogens is 840 g/mol. The molecule has 22 atom stereocenters. The second kappa shape index (κ2) is 20.7. The Balaban J connectivity index is 1.15. The van der Waals surface area contributed by atoms with Gasteiger partial charge in [0.25, 0.3) is 0 Å². The molecule has 352 valence electrons. The summed E-state index contributed by atoms with van der Waals surface area (Å²) in [7, 11) is 1.51. The molecule has 24 nitrogen and oxygen atoms in total. The molecule has 0 spiro atoms. The molecule has 0 aliphatic carbocycles. The first kappa shape index (κ1) is 48.8. The summed E-state index contributed by atoms with van der Waals surface area (Å²) in [6.07, 6.45) is -32.5. The van der Waals surface area contributed by atoms with E-state index in [2.05, 4.69) is 0 Å². The fraction of sp³-hybridized carbons (Fsp3) is 0.763. The summed E-state index contributed by atoms with van der Waals surface area (Å²) >= 11 is 0. The van der Waals surface area contributed by atoms with Crippen molar-refractivity contribution in [2.45, 2.75) is 149 Å². The first-order chi connectivity index (χ1) is 29.4. The monoisotopic (exact) mass is 896 g/mol. The Morgan fingerprint density at radius 1 is 0.694 bits per heavy atom. The lowest BCUT2D eigenvalue weighted by atomic mass is 9.96. The zero-order valence-electron chi connectivity index (χ0n) is 33.7. The molecule has 5 fully saturated rings. The highest BCUT2D eigenvalue weighted by Crippen LogP contribution is 2.36. The minimum atomic E-state index is -2.18. The highest BCUT2D eigenvalue weighted by molar-refractivity contribution is 5.87. The number of carbonyl (C=O) groups is 1. The van der Waals surface area contributed by atoms with E-state index in [1.165, 1.54) is 27.0 Å². The van der Waals surface area contributed by atoms with Gasteiger partial charge < -0.3 is 113 Å². The van der Waals surface area contributed by atoms with Crippen LogP contribution in [0.1, 0.15) is 19.4 Å². The number of rotatable bonds is 14. The van der Waals surface area contributed by atoms with Crippen LogP contribution in [-0.2, 0) is 52.2 Å². The minimum absolute atomic E-state index is 0.549. The third-order valence-corrected chi connectivity index (χ3v) is 11.3. The van der Waals surface area contributed by atoms with Gasteiger partial charge in [0.1, 0.15) is 90.7 Å². The quantitative estimate of drug-likeness (QED) is 0.0610. The number of benzene rings is 1. The van der Waals surface area contributed by atoms with Gasteiger partial charge >= 0.3 is 5.97 Å². The molecule has 1 aromatic rings. The Morgan fingerprint density at radius 3 is 1.97 bits per heavy atom. The van der Waals surface area contributed by atoms with Crippen LogP contribution >= 0.6 is 0 Å². The standard InChI is InChI=1S/C38H56O24/c1-14-28(59-20(41)9-6-16-4-7-17(52-3)8-5-16)26(47)31(33(50)55-14)62-36-27(48)30(61-37-32(49)38(51,12-40)13-54-37)29(15(2)56-36)60-34-24(45)22(43)19(11-53-34)58-35-25(46)23(44)21(42)18(10-39)57-35/h4-9,14-15,18-19,21-37,39-40,42-51H,10-13H2,1-3H3/b9-6-/t14-,15+,18-,19-,21+,22+,23+,24-,25-,26+,27-,28+,29+,30+,31-,32+,33-,34+,35+,36+,37+,38-/m1/s1. The largest absolute Gasteiger partial charge is 0.497 e. The molecule has 0 unspecified atom stereocenters. The van der Waals surface area contributed by atoms with Crippen LogP contribution in [0.5, 0.6) is 5.75 Å². The molecule has 0 bridgehead atoms. The second-order valence-electron chi connectivity index (χ2n) is 15.7. The Hall–Kier alpha value is -2.61. The van der Waals surface area contributed by atoms with E-state index in [0.717, 1.165) is 6.08 Å². The fourth-order valence-electron chi connectivity index (χ4n) is 7.55. The van der Waals surface area contributed by atoms with Crippen LogP contribution < -0.4 is 4.74 Å². The van der Waals surface area contributed by atoms with Gasteiger partial charge in [0.2, 0.25) is 0 Å². The van der Waals surface area contributed by atoms with Gasteiger partial charge in [0.05, 0.1) is 45.7 Å². The van der Waals surface area contributed by atoms with E-state index in [1.54, 1.807) is 24.3 Å². The highest BCUT2D eigenvalue weighted by atomic mass is 16.8. The van der Waals surface area contributed by atoms with E-state index in [9.17, 15) is 66.1 Å². The number of hydrogen-bond acceptors (Lipinski definition) is 24. The SMILES string of the molecule is COc1ccc(/C=C\C(=O)O[C@@H]2[C@H](O)[C@@H](O[C@@H]3O[C@@H](C)[C@H](O[C@@H]4OC[C@@H](O[C@@H]5O[C@H](CO)[C@H](O)[C@H](O)[C@H]5O)[C@H](O)[C@H]4O)[C@@H](O[C@@H]4OC[C@](O)(CO)[C@H]4O)[C@H]3O)[C@H](O)O[C@@H]2C)cc1. The summed E-state index contributed by atoms with van der Waals surface area (Å²) in [6, 6.07) is 6.74. The average molecular weight is 897 g/mol. The molecule has 0 radical (unpaired) electrons. The van der Waals surface area contributed by atoms with Crippen LogP contribution in [0.2, 0.25) is 0 Å².